The summed E-state index contributed by atoms with van der Waals surface area (Å²) in [6.07, 6.45) is 6.39. The molecule has 2 atom stereocenters. The van der Waals surface area contributed by atoms with Gasteiger partial charge in [-0.3, -0.25) is 0 Å². The van der Waals surface area contributed by atoms with Crippen molar-refractivity contribution in [3.63, 3.8) is 0 Å². The fourth-order valence-corrected chi connectivity index (χ4v) is 3.21. The molecule has 18 heavy (non-hydrogen) atoms. The minimum Gasteiger partial charge on any atom is -0.493 e. The van der Waals surface area contributed by atoms with E-state index in [0.29, 0.717) is 12.0 Å². The first-order valence-electron chi connectivity index (χ1n) is 6.76. The van der Waals surface area contributed by atoms with E-state index in [9.17, 15) is 0 Å². The first kappa shape index (κ1) is 10.4. The van der Waals surface area contributed by atoms with E-state index in [1.165, 1.54) is 22.9 Å². The van der Waals surface area contributed by atoms with Crippen LogP contribution in [0.15, 0.2) is 22.8 Å². The van der Waals surface area contributed by atoms with Crippen LogP contribution in [0.1, 0.15) is 36.3 Å². The van der Waals surface area contributed by atoms with E-state index in [-0.39, 0.29) is 0 Å². The van der Waals surface area contributed by atoms with Gasteiger partial charge in [0.15, 0.2) is 0 Å². The summed E-state index contributed by atoms with van der Waals surface area (Å²) in [5.41, 5.74) is 9.71. The summed E-state index contributed by atoms with van der Waals surface area (Å²) in [5.74, 6) is 1.50. The van der Waals surface area contributed by atoms with E-state index in [1.807, 2.05) is 18.4 Å². The third-order valence-electron chi connectivity index (χ3n) is 4.39. The highest BCUT2D eigenvalue weighted by atomic mass is 16.5. The lowest BCUT2D eigenvalue weighted by molar-refractivity contribution is 0.289. The molecule has 0 radical (unpaired) electrons. The molecule has 2 heterocycles. The summed E-state index contributed by atoms with van der Waals surface area (Å²) in [4.78, 5) is 0. The van der Waals surface area contributed by atoms with Gasteiger partial charge in [0.25, 0.3) is 0 Å². The number of aryl methyl sites for hydroxylation is 1. The number of hydrogen-bond donors (Lipinski definition) is 1. The molecule has 4 rings (SSSR count). The van der Waals surface area contributed by atoms with Crippen molar-refractivity contribution in [2.75, 3.05) is 6.61 Å². The van der Waals surface area contributed by atoms with Crippen molar-refractivity contribution in [2.24, 2.45) is 5.73 Å². The first-order valence-corrected chi connectivity index (χ1v) is 6.76. The van der Waals surface area contributed by atoms with Crippen LogP contribution in [0.25, 0.3) is 11.0 Å². The molecule has 2 N–H and O–H groups in total. The van der Waals surface area contributed by atoms with Gasteiger partial charge in [0, 0.05) is 28.5 Å². The molecule has 1 aromatic heterocycles. The number of nitrogens with two attached hydrogens (primary N) is 1. The Morgan fingerprint density at radius 3 is 2.94 bits per heavy atom. The van der Waals surface area contributed by atoms with Gasteiger partial charge >= 0.3 is 0 Å². The summed E-state index contributed by atoms with van der Waals surface area (Å²) < 4.78 is 11.5. The van der Waals surface area contributed by atoms with Gasteiger partial charge in [-0.25, -0.2) is 0 Å². The molecule has 3 nitrogen and oxygen atoms in total. The largest absolute Gasteiger partial charge is 0.493 e. The van der Waals surface area contributed by atoms with Crippen molar-refractivity contribution in [2.45, 2.75) is 37.6 Å². The maximum absolute atomic E-state index is 6.11. The highest BCUT2D eigenvalue weighted by Crippen LogP contribution is 2.43. The van der Waals surface area contributed by atoms with Crippen LogP contribution in [0.4, 0.5) is 0 Å². The molecule has 2 aromatic rings. The molecule has 3 heteroatoms. The average molecular weight is 243 g/mol. The molecule has 1 saturated carbocycles. The zero-order valence-electron chi connectivity index (χ0n) is 10.3. The number of ether oxygens (including phenoxy) is 1. The van der Waals surface area contributed by atoms with Crippen LogP contribution in [0.5, 0.6) is 5.75 Å². The molecule has 0 saturated heterocycles. The fraction of sp³-hybridized carbons (Fsp3) is 0.467. The second-order valence-corrected chi connectivity index (χ2v) is 5.41. The summed E-state index contributed by atoms with van der Waals surface area (Å²) in [7, 11) is 0. The van der Waals surface area contributed by atoms with E-state index in [4.69, 9.17) is 14.9 Å². The Morgan fingerprint density at radius 2 is 2.17 bits per heavy atom. The SMILES string of the molecule is NC1CCC1c1coc2ccc3c(c12)CCCO3. The van der Waals surface area contributed by atoms with E-state index in [1.54, 1.807) is 0 Å². The summed E-state index contributed by atoms with van der Waals surface area (Å²) in [5, 5.41) is 1.27. The Morgan fingerprint density at radius 1 is 1.22 bits per heavy atom. The van der Waals surface area contributed by atoms with Gasteiger partial charge < -0.3 is 14.9 Å². The topological polar surface area (TPSA) is 48.4 Å². The molecule has 1 aromatic carbocycles. The van der Waals surface area contributed by atoms with Crippen LogP contribution >= 0.6 is 0 Å². The van der Waals surface area contributed by atoms with Crippen molar-refractivity contribution in [1.82, 2.24) is 0 Å². The van der Waals surface area contributed by atoms with Gasteiger partial charge in [-0.1, -0.05) is 0 Å². The van der Waals surface area contributed by atoms with E-state index < -0.39 is 0 Å². The number of fused-ring (bicyclic) bond motifs is 3. The predicted molar refractivity (Wildman–Crippen MR) is 70.0 cm³/mol. The molecule has 0 bridgehead atoms. The number of hydrogen-bond acceptors (Lipinski definition) is 3. The molecule has 1 aliphatic carbocycles. The Kier molecular flexibility index (Phi) is 2.18. The van der Waals surface area contributed by atoms with Gasteiger partial charge in [0.05, 0.1) is 12.9 Å². The lowest BCUT2D eigenvalue weighted by atomic mass is 9.75. The first-order chi connectivity index (χ1) is 8.84. The standard InChI is InChI=1S/C15H17NO2/c16-12-4-3-9(12)11-8-18-14-6-5-13-10(15(11)14)2-1-7-17-13/h5-6,8-9,12H,1-4,7,16H2. The highest BCUT2D eigenvalue weighted by molar-refractivity contribution is 5.88. The molecule has 94 valence electrons. The van der Waals surface area contributed by atoms with Crippen molar-refractivity contribution >= 4 is 11.0 Å². The normalized spacial score (nSPS) is 26.5. The Bertz CT molecular complexity index is 602. The van der Waals surface area contributed by atoms with Crippen LogP contribution in [0, 0.1) is 0 Å². The van der Waals surface area contributed by atoms with E-state index in [2.05, 4.69) is 0 Å². The maximum Gasteiger partial charge on any atom is 0.134 e. The summed E-state index contributed by atoms with van der Waals surface area (Å²) in [6, 6.07) is 4.35. The van der Waals surface area contributed by atoms with Gasteiger partial charge in [0.2, 0.25) is 0 Å². The number of rotatable bonds is 1. The van der Waals surface area contributed by atoms with Crippen LogP contribution < -0.4 is 10.5 Å². The molecular formula is C15H17NO2. The Hall–Kier alpha value is -1.48. The third-order valence-corrected chi connectivity index (χ3v) is 4.39. The van der Waals surface area contributed by atoms with Crippen LogP contribution in [0.3, 0.4) is 0 Å². The van der Waals surface area contributed by atoms with Crippen molar-refractivity contribution in [3.05, 3.63) is 29.5 Å². The Balaban J connectivity index is 1.93. The van der Waals surface area contributed by atoms with E-state index in [0.717, 1.165) is 37.2 Å². The molecule has 1 fully saturated rings. The molecule has 0 spiro atoms. The average Bonchev–Trinajstić information content (AvgIpc) is 2.81. The number of furan rings is 1. The molecular weight excluding hydrogens is 226 g/mol. The lowest BCUT2D eigenvalue weighted by Gasteiger charge is -2.33. The molecule has 2 unspecified atom stereocenters. The minimum absolute atomic E-state index is 0.297. The van der Waals surface area contributed by atoms with Gasteiger partial charge in [-0.05, 0) is 37.8 Å². The van der Waals surface area contributed by atoms with Gasteiger partial charge in [-0.15, -0.1) is 0 Å². The second kappa shape index (κ2) is 3.75. The molecule has 1 aliphatic heterocycles. The smallest absolute Gasteiger partial charge is 0.134 e. The van der Waals surface area contributed by atoms with Crippen molar-refractivity contribution in [1.29, 1.82) is 0 Å². The van der Waals surface area contributed by atoms with Gasteiger partial charge in [0.1, 0.15) is 11.3 Å². The van der Waals surface area contributed by atoms with Crippen molar-refractivity contribution < 1.29 is 9.15 Å². The fourth-order valence-electron chi connectivity index (χ4n) is 3.21. The van der Waals surface area contributed by atoms with Crippen LogP contribution in [0.2, 0.25) is 0 Å². The summed E-state index contributed by atoms with van der Waals surface area (Å²) >= 11 is 0. The Labute approximate surface area is 106 Å². The predicted octanol–water partition coefficient (Wildman–Crippen LogP) is 2.96. The maximum atomic E-state index is 6.11. The molecule has 0 amide bonds. The zero-order valence-corrected chi connectivity index (χ0v) is 10.3. The van der Waals surface area contributed by atoms with Crippen LogP contribution in [-0.4, -0.2) is 12.6 Å². The third kappa shape index (κ3) is 1.34. The second-order valence-electron chi connectivity index (χ2n) is 5.41. The monoisotopic (exact) mass is 243 g/mol. The van der Waals surface area contributed by atoms with Gasteiger partial charge in [-0.2, -0.15) is 0 Å². The molecule has 2 aliphatic rings. The number of benzene rings is 1. The minimum atomic E-state index is 0.297. The zero-order chi connectivity index (χ0) is 12.1. The highest BCUT2D eigenvalue weighted by Gasteiger charge is 2.32. The lowest BCUT2D eigenvalue weighted by Crippen LogP contribution is -2.37. The summed E-state index contributed by atoms with van der Waals surface area (Å²) in [6.45, 7) is 0.828. The van der Waals surface area contributed by atoms with E-state index >= 15 is 0 Å². The quantitative estimate of drug-likeness (QED) is 0.837. The van der Waals surface area contributed by atoms with Crippen LogP contribution in [-0.2, 0) is 6.42 Å². The van der Waals surface area contributed by atoms with Crippen molar-refractivity contribution in [3.8, 4) is 5.75 Å².